The number of sulfonamides is 2. The zero-order chi connectivity index (χ0) is 22.1. The molecular formula is C18H16Cl2N4O4S2. The van der Waals surface area contributed by atoms with Crippen LogP contribution >= 0.6 is 23.2 Å². The Hall–Kier alpha value is -2.40. The van der Waals surface area contributed by atoms with Crippen LogP contribution < -0.4 is 9.44 Å². The number of hydrogen-bond acceptors (Lipinski definition) is 6. The predicted molar refractivity (Wildman–Crippen MR) is 116 cm³/mol. The first-order chi connectivity index (χ1) is 14.0. The van der Waals surface area contributed by atoms with Crippen LogP contribution in [0, 0.1) is 13.8 Å². The molecule has 0 fully saturated rings. The van der Waals surface area contributed by atoms with E-state index in [1.807, 2.05) is 0 Å². The van der Waals surface area contributed by atoms with Gasteiger partial charge in [-0.1, -0.05) is 23.2 Å². The molecule has 0 aliphatic carbocycles. The average molecular weight is 487 g/mol. The van der Waals surface area contributed by atoms with Crippen LogP contribution in [-0.2, 0) is 20.0 Å². The monoisotopic (exact) mass is 486 g/mol. The molecule has 8 nitrogen and oxygen atoms in total. The van der Waals surface area contributed by atoms with Gasteiger partial charge in [0, 0.05) is 22.1 Å². The van der Waals surface area contributed by atoms with Gasteiger partial charge in [0.15, 0.2) is 0 Å². The fourth-order valence-electron chi connectivity index (χ4n) is 2.55. The van der Waals surface area contributed by atoms with Crippen molar-refractivity contribution in [1.82, 2.24) is 9.97 Å². The third-order valence-corrected chi connectivity index (χ3v) is 7.25. The van der Waals surface area contributed by atoms with E-state index in [0.717, 1.165) is 0 Å². The molecule has 0 aliphatic heterocycles. The average Bonchev–Trinajstić information content (AvgIpc) is 2.62. The molecule has 0 spiro atoms. The standard InChI is InChI=1S/C18H16Cl2N4O4S2/c1-11-9-12(2)22-18(21-11)24-29(25,26)15-6-4-14(5-7-15)23-30(27,28)17-10-13(19)3-8-16(17)20/h3-10,23H,1-2H3,(H,21,22,24). The van der Waals surface area contributed by atoms with Crippen molar-refractivity contribution in [1.29, 1.82) is 0 Å². The zero-order valence-corrected chi connectivity index (χ0v) is 18.9. The molecule has 30 heavy (non-hydrogen) atoms. The van der Waals surface area contributed by atoms with E-state index in [-0.39, 0.29) is 31.5 Å². The molecule has 2 N–H and O–H groups in total. The molecule has 3 rings (SSSR count). The number of nitrogens with one attached hydrogen (secondary N) is 2. The smallest absolute Gasteiger partial charge is 0.264 e. The molecule has 2 aromatic carbocycles. The largest absolute Gasteiger partial charge is 0.280 e. The van der Waals surface area contributed by atoms with Crippen LogP contribution in [0.25, 0.3) is 0 Å². The van der Waals surface area contributed by atoms with Gasteiger partial charge < -0.3 is 0 Å². The number of halogens is 2. The lowest BCUT2D eigenvalue weighted by Gasteiger charge is -2.11. The fraction of sp³-hybridized carbons (Fsp3) is 0.111. The fourth-order valence-corrected chi connectivity index (χ4v) is 5.31. The minimum Gasteiger partial charge on any atom is -0.280 e. The van der Waals surface area contributed by atoms with E-state index in [2.05, 4.69) is 19.4 Å². The third-order valence-electron chi connectivity index (χ3n) is 3.81. The summed E-state index contributed by atoms with van der Waals surface area (Å²) in [4.78, 5) is 7.81. The maximum absolute atomic E-state index is 12.6. The van der Waals surface area contributed by atoms with Crippen molar-refractivity contribution < 1.29 is 16.8 Å². The van der Waals surface area contributed by atoms with Crippen LogP contribution in [0.15, 0.2) is 58.3 Å². The molecule has 0 aliphatic rings. The highest BCUT2D eigenvalue weighted by molar-refractivity contribution is 7.93. The van der Waals surface area contributed by atoms with Gasteiger partial charge in [0.1, 0.15) is 4.90 Å². The highest BCUT2D eigenvalue weighted by atomic mass is 35.5. The summed E-state index contributed by atoms with van der Waals surface area (Å²) >= 11 is 11.8. The molecule has 12 heteroatoms. The summed E-state index contributed by atoms with van der Waals surface area (Å²) in [7, 11) is -7.99. The van der Waals surface area contributed by atoms with E-state index in [4.69, 9.17) is 23.2 Å². The van der Waals surface area contributed by atoms with E-state index in [1.54, 1.807) is 19.9 Å². The Morgan fingerprint density at radius 2 is 1.37 bits per heavy atom. The van der Waals surface area contributed by atoms with Gasteiger partial charge in [-0.3, -0.25) is 4.72 Å². The summed E-state index contributed by atoms with van der Waals surface area (Å²) in [6, 6.07) is 10.9. The summed E-state index contributed by atoms with van der Waals surface area (Å²) in [6.07, 6.45) is 0. The predicted octanol–water partition coefficient (Wildman–Crippen LogP) is 4.00. The van der Waals surface area contributed by atoms with E-state index in [1.165, 1.54) is 42.5 Å². The first kappa shape index (κ1) is 22.3. The van der Waals surface area contributed by atoms with Gasteiger partial charge >= 0.3 is 0 Å². The number of aryl methyl sites for hydroxylation is 2. The summed E-state index contributed by atoms with van der Waals surface area (Å²) in [6.45, 7) is 3.44. The van der Waals surface area contributed by atoms with E-state index < -0.39 is 20.0 Å². The van der Waals surface area contributed by atoms with E-state index in [9.17, 15) is 16.8 Å². The maximum atomic E-state index is 12.6. The van der Waals surface area contributed by atoms with Crippen molar-refractivity contribution in [2.24, 2.45) is 0 Å². The lowest BCUT2D eigenvalue weighted by Crippen LogP contribution is -2.16. The third kappa shape index (κ3) is 5.20. The molecule has 1 aromatic heterocycles. The highest BCUT2D eigenvalue weighted by Gasteiger charge is 2.20. The van der Waals surface area contributed by atoms with Crippen molar-refractivity contribution in [3.8, 4) is 0 Å². The molecule has 158 valence electrons. The Kier molecular flexibility index (Phi) is 6.23. The van der Waals surface area contributed by atoms with Crippen LogP contribution in [0.3, 0.4) is 0 Å². The number of anilines is 2. The Labute approximate surface area is 184 Å². The van der Waals surface area contributed by atoms with Crippen molar-refractivity contribution in [3.63, 3.8) is 0 Å². The van der Waals surface area contributed by atoms with Crippen molar-refractivity contribution in [2.75, 3.05) is 9.44 Å². The van der Waals surface area contributed by atoms with Crippen molar-refractivity contribution in [2.45, 2.75) is 23.6 Å². The normalized spacial score (nSPS) is 11.9. The maximum Gasteiger partial charge on any atom is 0.264 e. The van der Waals surface area contributed by atoms with Gasteiger partial charge in [-0.25, -0.2) is 31.5 Å². The van der Waals surface area contributed by atoms with Gasteiger partial charge in [0.2, 0.25) is 5.95 Å². The Balaban J connectivity index is 1.82. The molecule has 0 radical (unpaired) electrons. The Morgan fingerprint density at radius 3 is 1.97 bits per heavy atom. The van der Waals surface area contributed by atoms with E-state index in [0.29, 0.717) is 11.4 Å². The van der Waals surface area contributed by atoms with Gasteiger partial charge in [0.05, 0.1) is 9.92 Å². The van der Waals surface area contributed by atoms with Gasteiger partial charge in [-0.05, 0) is 62.4 Å². The Morgan fingerprint density at radius 1 is 0.767 bits per heavy atom. The second kappa shape index (κ2) is 8.38. The second-order valence-corrected chi connectivity index (χ2v) is 10.5. The highest BCUT2D eigenvalue weighted by Crippen LogP contribution is 2.27. The molecule has 3 aromatic rings. The number of hydrogen-bond donors (Lipinski definition) is 2. The summed E-state index contributed by atoms with van der Waals surface area (Å²) in [5, 5.41) is 0.213. The first-order valence-corrected chi connectivity index (χ1v) is 12.1. The summed E-state index contributed by atoms with van der Waals surface area (Å²) < 4.78 is 54.9. The molecule has 0 bridgehead atoms. The van der Waals surface area contributed by atoms with Crippen LogP contribution in [0.2, 0.25) is 10.0 Å². The molecule has 0 amide bonds. The number of benzene rings is 2. The molecule has 0 saturated heterocycles. The van der Waals surface area contributed by atoms with Crippen LogP contribution in [-0.4, -0.2) is 26.8 Å². The van der Waals surface area contributed by atoms with Gasteiger partial charge in [0.25, 0.3) is 20.0 Å². The van der Waals surface area contributed by atoms with Crippen LogP contribution in [0.4, 0.5) is 11.6 Å². The molecule has 0 unspecified atom stereocenters. The minimum atomic E-state index is -4.02. The minimum absolute atomic E-state index is 0.00347. The summed E-state index contributed by atoms with van der Waals surface area (Å²) in [5.74, 6) is -0.0483. The molecule has 0 saturated carbocycles. The second-order valence-electron chi connectivity index (χ2n) is 6.28. The number of rotatable bonds is 6. The van der Waals surface area contributed by atoms with Crippen molar-refractivity contribution >= 4 is 54.9 Å². The van der Waals surface area contributed by atoms with E-state index >= 15 is 0 Å². The molecule has 0 atom stereocenters. The molecule has 1 heterocycles. The first-order valence-electron chi connectivity index (χ1n) is 8.39. The topological polar surface area (TPSA) is 118 Å². The van der Waals surface area contributed by atoms with Crippen molar-refractivity contribution in [3.05, 3.63) is 70.0 Å². The van der Waals surface area contributed by atoms with Crippen LogP contribution in [0.5, 0.6) is 0 Å². The molecular weight excluding hydrogens is 471 g/mol. The SMILES string of the molecule is Cc1cc(C)nc(NS(=O)(=O)c2ccc(NS(=O)(=O)c3cc(Cl)ccc3Cl)cc2)n1. The lowest BCUT2D eigenvalue weighted by atomic mass is 10.3. The number of nitrogens with zero attached hydrogens (tertiary/aromatic N) is 2. The Bertz CT molecular complexity index is 1290. The summed E-state index contributed by atoms with van der Waals surface area (Å²) in [5.41, 5.74) is 1.38. The zero-order valence-electron chi connectivity index (χ0n) is 15.7. The van der Waals surface area contributed by atoms with Crippen LogP contribution in [0.1, 0.15) is 11.4 Å². The van der Waals surface area contributed by atoms with Gasteiger partial charge in [-0.15, -0.1) is 0 Å². The lowest BCUT2D eigenvalue weighted by molar-refractivity contribution is 0.599. The van der Waals surface area contributed by atoms with Gasteiger partial charge in [-0.2, -0.15) is 0 Å². The number of aromatic nitrogens is 2. The quantitative estimate of drug-likeness (QED) is 0.543.